The number of aromatic hydroxyl groups is 1. The van der Waals surface area contributed by atoms with Crippen LogP contribution in [0.15, 0.2) is 48.5 Å². The van der Waals surface area contributed by atoms with Crippen molar-refractivity contribution in [1.82, 2.24) is 0 Å². The van der Waals surface area contributed by atoms with E-state index >= 15 is 0 Å². The lowest BCUT2D eigenvalue weighted by atomic mass is 10.1. The number of hydrogen-bond acceptors (Lipinski definition) is 3. The molecule has 0 radical (unpaired) electrons. The van der Waals surface area contributed by atoms with Gasteiger partial charge in [0.15, 0.2) is 5.78 Å². The van der Waals surface area contributed by atoms with Crippen LogP contribution in [0.25, 0.3) is 0 Å². The molecule has 3 heteroatoms. The van der Waals surface area contributed by atoms with Gasteiger partial charge in [0, 0.05) is 0 Å². The molecule has 0 atom stereocenters. The molecule has 2 aromatic rings. The Balaban J connectivity index is 1.93. The number of Topliss-reactive ketones (excluding diaryl/α,β-unsaturated/α-hetero) is 1. The van der Waals surface area contributed by atoms with Crippen LogP contribution in [0.1, 0.15) is 21.5 Å². The molecule has 2 aromatic carbocycles. The summed E-state index contributed by atoms with van der Waals surface area (Å²) >= 11 is 0. The van der Waals surface area contributed by atoms with Gasteiger partial charge in [0.1, 0.15) is 12.4 Å². The minimum Gasteiger partial charge on any atom is -0.507 e. The van der Waals surface area contributed by atoms with Crippen LogP contribution in [0.2, 0.25) is 0 Å². The Labute approximate surface area is 112 Å². The van der Waals surface area contributed by atoms with E-state index in [9.17, 15) is 9.90 Å². The molecule has 0 fully saturated rings. The van der Waals surface area contributed by atoms with E-state index in [-0.39, 0.29) is 18.1 Å². The zero-order valence-electron chi connectivity index (χ0n) is 10.8. The number of phenolic OH excluding ortho intramolecular Hbond substituents is 1. The Hall–Kier alpha value is -2.13. The molecule has 0 aliphatic heterocycles. The lowest BCUT2D eigenvalue weighted by Gasteiger charge is -2.07. The first-order valence-electron chi connectivity index (χ1n) is 6.12. The summed E-state index contributed by atoms with van der Waals surface area (Å²) in [5.74, 6) is -0.173. The second-order valence-corrected chi connectivity index (χ2v) is 4.37. The van der Waals surface area contributed by atoms with Crippen molar-refractivity contribution < 1.29 is 14.6 Å². The molecule has 0 bridgehead atoms. The van der Waals surface area contributed by atoms with Gasteiger partial charge in [-0.25, -0.2) is 0 Å². The molecule has 0 saturated carbocycles. The van der Waals surface area contributed by atoms with Crippen LogP contribution in [0.4, 0.5) is 0 Å². The largest absolute Gasteiger partial charge is 0.507 e. The van der Waals surface area contributed by atoms with Crippen LogP contribution in [0.5, 0.6) is 5.75 Å². The first kappa shape index (κ1) is 13.3. The predicted octanol–water partition coefficient (Wildman–Crippen LogP) is 3.10. The summed E-state index contributed by atoms with van der Waals surface area (Å²) in [6.07, 6.45) is 0. The summed E-state index contributed by atoms with van der Waals surface area (Å²) < 4.78 is 5.37. The van der Waals surface area contributed by atoms with Crippen molar-refractivity contribution in [3.05, 3.63) is 65.2 Å². The Morgan fingerprint density at radius 1 is 1.11 bits per heavy atom. The molecule has 0 saturated heterocycles. The quantitative estimate of drug-likeness (QED) is 0.836. The molecular formula is C16H16O3. The van der Waals surface area contributed by atoms with Crippen LogP contribution in [-0.4, -0.2) is 17.5 Å². The number of para-hydroxylation sites is 1. The normalized spacial score (nSPS) is 10.4. The molecular weight excluding hydrogens is 240 g/mol. The van der Waals surface area contributed by atoms with E-state index in [1.807, 2.05) is 30.3 Å². The van der Waals surface area contributed by atoms with Crippen LogP contribution in [0.3, 0.4) is 0 Å². The van der Waals surface area contributed by atoms with E-state index in [1.54, 1.807) is 25.1 Å². The molecule has 0 aliphatic carbocycles. The van der Waals surface area contributed by atoms with E-state index in [0.29, 0.717) is 17.7 Å². The van der Waals surface area contributed by atoms with Crippen molar-refractivity contribution in [3.8, 4) is 5.75 Å². The molecule has 0 aliphatic rings. The van der Waals surface area contributed by atoms with Crippen molar-refractivity contribution in [2.45, 2.75) is 13.5 Å². The first-order chi connectivity index (χ1) is 9.18. The number of benzene rings is 2. The summed E-state index contributed by atoms with van der Waals surface area (Å²) in [4.78, 5) is 11.9. The lowest BCUT2D eigenvalue weighted by molar-refractivity contribution is 0.0724. The number of ether oxygens (including phenoxy) is 1. The van der Waals surface area contributed by atoms with Gasteiger partial charge in [0.25, 0.3) is 0 Å². The molecule has 0 spiro atoms. The number of phenols is 1. The molecule has 19 heavy (non-hydrogen) atoms. The fraction of sp³-hybridized carbons (Fsp3) is 0.188. The summed E-state index contributed by atoms with van der Waals surface area (Å²) in [7, 11) is 0. The van der Waals surface area contributed by atoms with Gasteiger partial charge in [0.2, 0.25) is 0 Å². The zero-order valence-corrected chi connectivity index (χ0v) is 10.8. The van der Waals surface area contributed by atoms with Gasteiger partial charge in [-0.15, -0.1) is 0 Å². The maximum Gasteiger partial charge on any atom is 0.192 e. The topological polar surface area (TPSA) is 46.5 Å². The second kappa shape index (κ2) is 6.16. The van der Waals surface area contributed by atoms with Gasteiger partial charge in [-0.3, -0.25) is 4.79 Å². The highest BCUT2D eigenvalue weighted by Gasteiger charge is 2.12. The van der Waals surface area contributed by atoms with Crippen molar-refractivity contribution in [2.24, 2.45) is 0 Å². The van der Waals surface area contributed by atoms with Crippen LogP contribution < -0.4 is 0 Å². The van der Waals surface area contributed by atoms with E-state index in [0.717, 1.165) is 5.56 Å². The average Bonchev–Trinajstić information content (AvgIpc) is 2.43. The monoisotopic (exact) mass is 256 g/mol. The van der Waals surface area contributed by atoms with Crippen LogP contribution in [-0.2, 0) is 11.3 Å². The highest BCUT2D eigenvalue weighted by Crippen LogP contribution is 2.21. The highest BCUT2D eigenvalue weighted by molar-refractivity contribution is 5.99. The van der Waals surface area contributed by atoms with Crippen LogP contribution in [0, 0.1) is 6.92 Å². The first-order valence-corrected chi connectivity index (χ1v) is 6.12. The smallest absolute Gasteiger partial charge is 0.192 e. The average molecular weight is 256 g/mol. The number of carbonyl (C=O) groups is 1. The molecule has 0 aromatic heterocycles. The maximum atomic E-state index is 11.9. The third-order valence-electron chi connectivity index (χ3n) is 2.88. The second-order valence-electron chi connectivity index (χ2n) is 4.37. The van der Waals surface area contributed by atoms with Crippen LogP contribution >= 0.6 is 0 Å². The molecule has 3 nitrogen and oxygen atoms in total. The molecule has 0 unspecified atom stereocenters. The summed E-state index contributed by atoms with van der Waals surface area (Å²) in [6, 6.07) is 14.8. The Morgan fingerprint density at radius 2 is 1.84 bits per heavy atom. The number of aryl methyl sites for hydroxylation is 1. The minimum absolute atomic E-state index is 0.0358. The Morgan fingerprint density at radius 3 is 2.58 bits per heavy atom. The maximum absolute atomic E-state index is 11.9. The SMILES string of the molecule is Cc1cccc(C(=O)COCc2ccccc2)c1O. The molecule has 1 N–H and O–H groups in total. The standard InChI is InChI=1S/C16H16O3/c1-12-6-5-9-14(16(12)18)15(17)11-19-10-13-7-3-2-4-8-13/h2-9,18H,10-11H2,1H3. The van der Waals surface area contributed by atoms with E-state index in [4.69, 9.17) is 4.74 Å². The van der Waals surface area contributed by atoms with Gasteiger partial charge in [-0.1, -0.05) is 42.5 Å². The van der Waals surface area contributed by atoms with E-state index in [2.05, 4.69) is 0 Å². The fourth-order valence-corrected chi connectivity index (χ4v) is 1.80. The van der Waals surface area contributed by atoms with Crippen molar-refractivity contribution >= 4 is 5.78 Å². The summed E-state index contributed by atoms with van der Waals surface area (Å²) in [6.45, 7) is 2.11. The van der Waals surface area contributed by atoms with Gasteiger partial charge in [-0.05, 0) is 24.1 Å². The third kappa shape index (κ3) is 3.42. The number of ketones is 1. The van der Waals surface area contributed by atoms with Gasteiger partial charge >= 0.3 is 0 Å². The summed E-state index contributed by atoms with van der Waals surface area (Å²) in [5.41, 5.74) is 2.02. The molecule has 0 amide bonds. The fourth-order valence-electron chi connectivity index (χ4n) is 1.80. The third-order valence-corrected chi connectivity index (χ3v) is 2.88. The van der Waals surface area contributed by atoms with E-state index < -0.39 is 0 Å². The van der Waals surface area contributed by atoms with Gasteiger partial charge in [0.05, 0.1) is 12.2 Å². The highest BCUT2D eigenvalue weighted by atomic mass is 16.5. The molecule has 2 rings (SSSR count). The summed E-state index contributed by atoms with van der Waals surface area (Å²) in [5, 5.41) is 9.81. The predicted molar refractivity (Wildman–Crippen MR) is 73.3 cm³/mol. The van der Waals surface area contributed by atoms with Gasteiger partial charge < -0.3 is 9.84 Å². The number of rotatable bonds is 5. The minimum atomic E-state index is -0.211. The Kier molecular flexibility index (Phi) is 4.31. The van der Waals surface area contributed by atoms with Crippen molar-refractivity contribution in [2.75, 3.05) is 6.61 Å². The number of hydrogen-bond donors (Lipinski definition) is 1. The number of carbonyl (C=O) groups excluding carboxylic acids is 1. The molecule has 98 valence electrons. The van der Waals surface area contributed by atoms with Crippen molar-refractivity contribution in [1.29, 1.82) is 0 Å². The van der Waals surface area contributed by atoms with Gasteiger partial charge in [-0.2, -0.15) is 0 Å². The van der Waals surface area contributed by atoms with Crippen molar-refractivity contribution in [3.63, 3.8) is 0 Å². The lowest BCUT2D eigenvalue weighted by Crippen LogP contribution is -2.09. The Bertz CT molecular complexity index is 561. The van der Waals surface area contributed by atoms with E-state index in [1.165, 1.54) is 0 Å². The molecule has 0 heterocycles. The zero-order chi connectivity index (χ0) is 13.7.